The minimum absolute atomic E-state index is 0. The first-order valence-electron chi connectivity index (χ1n) is 5.87. The fourth-order valence-electron chi connectivity index (χ4n) is 1.64. The van der Waals surface area contributed by atoms with E-state index in [4.69, 9.17) is 5.73 Å². The Morgan fingerprint density at radius 2 is 1.95 bits per heavy atom. The second kappa shape index (κ2) is 8.52. The van der Waals surface area contributed by atoms with E-state index in [2.05, 4.69) is 10.1 Å². The fourth-order valence-corrected chi connectivity index (χ4v) is 1.64. The molecule has 20 heavy (non-hydrogen) atoms. The van der Waals surface area contributed by atoms with Crippen molar-refractivity contribution in [2.24, 2.45) is 5.73 Å². The molecular weight excluding hydrogens is 284 g/mol. The van der Waals surface area contributed by atoms with Crippen LogP contribution in [-0.4, -0.2) is 36.4 Å². The van der Waals surface area contributed by atoms with Crippen LogP contribution in [0.3, 0.4) is 0 Å². The van der Waals surface area contributed by atoms with E-state index >= 15 is 0 Å². The number of ether oxygens (including phenoxy) is 1. The molecule has 6 nitrogen and oxygen atoms in total. The van der Waals surface area contributed by atoms with Crippen molar-refractivity contribution in [2.45, 2.75) is 18.6 Å². The number of esters is 1. The Kier molecular flexibility index (Phi) is 7.83. The number of benzene rings is 1. The van der Waals surface area contributed by atoms with Crippen LogP contribution in [0.2, 0.25) is 0 Å². The van der Waals surface area contributed by atoms with Crippen LogP contribution in [0.5, 0.6) is 0 Å². The molecule has 0 unspecified atom stereocenters. The number of aryl methyl sites for hydroxylation is 1. The first-order chi connectivity index (χ1) is 9.01. The van der Waals surface area contributed by atoms with Crippen molar-refractivity contribution < 1.29 is 19.4 Å². The molecule has 7 heteroatoms. The topological polar surface area (TPSA) is 102 Å². The van der Waals surface area contributed by atoms with Crippen molar-refractivity contribution >= 4 is 24.3 Å². The lowest BCUT2D eigenvalue weighted by Crippen LogP contribution is -2.56. The van der Waals surface area contributed by atoms with E-state index in [-0.39, 0.29) is 25.4 Å². The van der Waals surface area contributed by atoms with Crippen molar-refractivity contribution in [3.05, 3.63) is 35.9 Å². The maximum Gasteiger partial charge on any atom is 0.359 e. The number of nitrogens with two attached hydrogens (primary N) is 1. The van der Waals surface area contributed by atoms with Gasteiger partial charge in [-0.2, -0.15) is 0 Å². The lowest BCUT2D eigenvalue weighted by atomic mass is 10.0. The molecule has 0 fully saturated rings. The average Bonchev–Trinajstić information content (AvgIpc) is 2.45. The van der Waals surface area contributed by atoms with Gasteiger partial charge in [0.25, 0.3) is 0 Å². The predicted molar refractivity (Wildman–Crippen MR) is 76.2 cm³/mol. The zero-order valence-electron chi connectivity index (χ0n) is 11.2. The van der Waals surface area contributed by atoms with Crippen molar-refractivity contribution in [3.8, 4) is 0 Å². The quantitative estimate of drug-likeness (QED) is 0.506. The van der Waals surface area contributed by atoms with Crippen molar-refractivity contribution in [2.75, 3.05) is 13.7 Å². The van der Waals surface area contributed by atoms with Gasteiger partial charge in [-0.3, -0.25) is 4.79 Å². The number of rotatable bonds is 6. The summed E-state index contributed by atoms with van der Waals surface area (Å²) in [6.45, 7) is -0.315. The first-order valence-corrected chi connectivity index (χ1v) is 5.87. The summed E-state index contributed by atoms with van der Waals surface area (Å²) in [5, 5.41) is 12.4. The zero-order chi connectivity index (χ0) is 14.3. The van der Waals surface area contributed by atoms with Crippen LogP contribution >= 0.6 is 12.4 Å². The van der Waals surface area contributed by atoms with E-state index in [0.717, 1.165) is 12.7 Å². The summed E-state index contributed by atoms with van der Waals surface area (Å²) in [6.07, 6.45) is 0.423. The Labute approximate surface area is 123 Å². The second-order valence-electron chi connectivity index (χ2n) is 4.09. The van der Waals surface area contributed by atoms with Gasteiger partial charge < -0.3 is 20.9 Å². The molecule has 4 N–H and O–H groups in total. The molecule has 1 aromatic rings. The zero-order valence-corrected chi connectivity index (χ0v) is 12.0. The summed E-state index contributed by atoms with van der Waals surface area (Å²) in [6, 6.07) is 9.30. The molecule has 1 rings (SSSR count). The molecule has 1 aromatic carbocycles. The van der Waals surface area contributed by atoms with Gasteiger partial charge in [0.2, 0.25) is 11.6 Å². The molecule has 112 valence electrons. The molecule has 0 heterocycles. The molecule has 0 radical (unpaired) electrons. The molecule has 1 atom stereocenters. The van der Waals surface area contributed by atoms with Gasteiger partial charge in [-0.15, -0.1) is 12.4 Å². The van der Waals surface area contributed by atoms with Crippen LogP contribution in [0.1, 0.15) is 12.0 Å². The minimum Gasteiger partial charge on any atom is -0.465 e. The number of amides is 1. The summed E-state index contributed by atoms with van der Waals surface area (Å²) in [5.74, 6) is -1.54. The van der Waals surface area contributed by atoms with Crippen LogP contribution < -0.4 is 11.1 Å². The Hall–Kier alpha value is -1.63. The summed E-state index contributed by atoms with van der Waals surface area (Å²) in [7, 11) is 1.14. The van der Waals surface area contributed by atoms with Crippen LogP contribution in [-0.2, 0) is 20.7 Å². The number of halogens is 1. The summed E-state index contributed by atoms with van der Waals surface area (Å²) in [4.78, 5) is 22.8. The van der Waals surface area contributed by atoms with Crippen molar-refractivity contribution in [1.82, 2.24) is 5.32 Å². The highest BCUT2D eigenvalue weighted by Gasteiger charge is 2.38. The summed E-state index contributed by atoms with van der Waals surface area (Å²) >= 11 is 0. The van der Waals surface area contributed by atoms with E-state index in [1.807, 2.05) is 30.3 Å². The normalized spacial score (nSPS) is 12.8. The lowest BCUT2D eigenvalue weighted by Gasteiger charge is -2.26. The Balaban J connectivity index is 0.00000361. The third kappa shape index (κ3) is 5.16. The lowest BCUT2D eigenvalue weighted by molar-refractivity contribution is -0.169. The van der Waals surface area contributed by atoms with Gasteiger partial charge >= 0.3 is 5.97 Å². The Morgan fingerprint density at radius 3 is 2.45 bits per heavy atom. The smallest absolute Gasteiger partial charge is 0.359 e. The van der Waals surface area contributed by atoms with Crippen LogP contribution in [0, 0.1) is 0 Å². The highest BCUT2D eigenvalue weighted by molar-refractivity contribution is 5.87. The van der Waals surface area contributed by atoms with E-state index in [9.17, 15) is 14.7 Å². The third-order valence-electron chi connectivity index (χ3n) is 2.67. The fraction of sp³-hybridized carbons (Fsp3) is 0.385. The van der Waals surface area contributed by atoms with E-state index in [0.29, 0.717) is 6.42 Å². The molecule has 0 aliphatic carbocycles. The predicted octanol–water partition coefficient (Wildman–Crippen LogP) is -0.0225. The molecule has 1 amide bonds. The second-order valence-corrected chi connectivity index (χ2v) is 4.09. The van der Waals surface area contributed by atoms with Crippen LogP contribution in [0.4, 0.5) is 0 Å². The van der Waals surface area contributed by atoms with E-state index in [1.165, 1.54) is 0 Å². The van der Waals surface area contributed by atoms with Crippen molar-refractivity contribution in [3.63, 3.8) is 0 Å². The number of carbonyl (C=O) groups excluding carboxylic acids is 2. The number of nitrogens with one attached hydrogen (secondary N) is 1. The van der Waals surface area contributed by atoms with E-state index in [1.54, 1.807) is 0 Å². The standard InChI is InChI=1S/C13H18N2O4.ClH/c1-19-12(17)13(18,15-11(16)9-14)8-7-10-5-3-2-4-6-10;/h2-6,18H,7-9,14H2,1H3,(H,15,16);1H/t13-;/m0./s1. The van der Waals surface area contributed by atoms with Gasteiger partial charge in [-0.1, -0.05) is 30.3 Å². The highest BCUT2D eigenvalue weighted by Crippen LogP contribution is 2.13. The first kappa shape index (κ1) is 18.4. The van der Waals surface area contributed by atoms with Crippen molar-refractivity contribution in [1.29, 1.82) is 0 Å². The largest absolute Gasteiger partial charge is 0.465 e. The van der Waals surface area contributed by atoms with E-state index < -0.39 is 17.6 Å². The number of aliphatic hydroxyl groups is 1. The highest BCUT2D eigenvalue weighted by atomic mass is 35.5. The van der Waals surface area contributed by atoms with Crippen LogP contribution in [0.15, 0.2) is 30.3 Å². The molecule has 0 aliphatic heterocycles. The summed E-state index contributed by atoms with van der Waals surface area (Å²) < 4.78 is 4.50. The van der Waals surface area contributed by atoms with Gasteiger partial charge in [0, 0.05) is 6.42 Å². The number of hydrogen-bond acceptors (Lipinski definition) is 5. The van der Waals surface area contributed by atoms with Gasteiger partial charge in [0.15, 0.2) is 0 Å². The Morgan fingerprint density at radius 1 is 1.35 bits per heavy atom. The molecule has 0 aliphatic rings. The molecular formula is C13H19ClN2O4. The van der Waals surface area contributed by atoms with Crippen LogP contribution in [0.25, 0.3) is 0 Å². The van der Waals surface area contributed by atoms with Gasteiger partial charge in [-0.05, 0) is 12.0 Å². The monoisotopic (exact) mass is 302 g/mol. The average molecular weight is 303 g/mol. The number of carbonyl (C=O) groups is 2. The molecule has 0 bridgehead atoms. The Bertz CT molecular complexity index is 441. The molecule has 0 spiro atoms. The summed E-state index contributed by atoms with van der Waals surface area (Å²) in [5.41, 5.74) is 4.04. The van der Waals surface area contributed by atoms with Gasteiger partial charge in [0.05, 0.1) is 13.7 Å². The van der Waals surface area contributed by atoms with Gasteiger partial charge in [-0.25, -0.2) is 4.79 Å². The third-order valence-corrected chi connectivity index (χ3v) is 2.67. The maximum absolute atomic E-state index is 11.6. The minimum atomic E-state index is -2.05. The number of methoxy groups -OCH3 is 1. The molecule has 0 aromatic heterocycles. The van der Waals surface area contributed by atoms with Gasteiger partial charge in [0.1, 0.15) is 0 Å². The number of hydrogen-bond donors (Lipinski definition) is 3. The molecule has 0 saturated carbocycles. The SMILES string of the molecule is COC(=O)[C@@](O)(CCc1ccccc1)NC(=O)CN.Cl. The maximum atomic E-state index is 11.6. The molecule has 0 saturated heterocycles.